The molecule has 116 heavy (non-hydrogen) atoms. The molecule has 0 saturated heterocycles. The Morgan fingerprint density at radius 2 is 0.793 bits per heavy atom. The van der Waals surface area contributed by atoms with Crippen LogP contribution in [0.1, 0.15) is 25.0 Å². The fraction of sp³-hybridized carbons (Fsp3) is 0.0182. The first-order valence-electron chi connectivity index (χ1n) is 39.6. The van der Waals surface area contributed by atoms with E-state index in [4.69, 9.17) is 4.42 Å². The molecular weight excluding hydrogens is 1460 g/mol. The molecule has 0 aliphatic rings. The zero-order valence-electron chi connectivity index (χ0n) is 63.6. The van der Waals surface area contributed by atoms with E-state index < -0.39 is 0 Å². The third-order valence-electron chi connectivity index (χ3n) is 23.4. The standard InChI is InChI=1S/C110H72N2OS3/c1-3-21-87(69(2)70-48-54-84(55-49-70)111(85-56-50-72(51-57-85)79-52-58-94-92-31-9-15-39-103(92)115-107(94)68-79)99-36-12-6-28-88(99)82-53-61-106-98(67-82)93-32-10-16-40-104(93)114-106)80-46-43-73-44-47-81(65-83(73)64-80)89-59-60-101(108-97-33-11-17-41-105(97)116-110(89)108)112(100-37-13-7-29-90(100)95-34-20-35-96-91-30-8-14-38-102(91)113-109(95)96)86-27-19-26-77(66-86)75-24-18-25-76(63-75)78-45-42-71-22-4-5-23-74(71)62-78/h3-68H,1-2H3/b21-3-,87-69-. The highest BCUT2D eigenvalue weighted by Crippen LogP contribution is 2.53. The Labute approximate surface area is 684 Å². The third-order valence-corrected chi connectivity index (χ3v) is 26.9. The van der Waals surface area contributed by atoms with Crippen molar-refractivity contribution in [3.05, 3.63) is 412 Å². The predicted molar refractivity (Wildman–Crippen MR) is 503 cm³/mol. The summed E-state index contributed by atoms with van der Waals surface area (Å²) in [6.07, 6.45) is 4.46. The molecule has 4 aromatic heterocycles. The Balaban J connectivity index is 0.643. The van der Waals surface area contributed by atoms with E-state index in [0.29, 0.717) is 0 Å². The first-order chi connectivity index (χ1) is 57.3. The maximum Gasteiger partial charge on any atom is 0.143 e. The Kier molecular flexibility index (Phi) is 17.0. The minimum atomic E-state index is 0.869. The van der Waals surface area contributed by atoms with Crippen molar-refractivity contribution in [1.82, 2.24) is 0 Å². The Morgan fingerprint density at radius 3 is 1.58 bits per heavy atom. The number of anilines is 6. The lowest BCUT2D eigenvalue weighted by atomic mass is 9.92. The van der Waals surface area contributed by atoms with Gasteiger partial charge in [-0.3, -0.25) is 0 Å². The van der Waals surface area contributed by atoms with Crippen LogP contribution in [0.2, 0.25) is 0 Å². The van der Waals surface area contributed by atoms with Crippen molar-refractivity contribution >= 4 is 183 Å². The molecule has 22 aromatic rings. The number of hydrogen-bond donors (Lipinski definition) is 0. The van der Waals surface area contributed by atoms with Gasteiger partial charge in [0.1, 0.15) is 11.2 Å². The van der Waals surface area contributed by atoms with Crippen molar-refractivity contribution in [1.29, 1.82) is 0 Å². The summed E-state index contributed by atoms with van der Waals surface area (Å²) in [5.74, 6) is 0. The molecule has 0 radical (unpaired) electrons. The molecule has 0 spiro atoms. The number of para-hydroxylation sites is 4. The zero-order valence-corrected chi connectivity index (χ0v) is 66.1. The van der Waals surface area contributed by atoms with Gasteiger partial charge in [-0.25, -0.2) is 0 Å². The van der Waals surface area contributed by atoms with Gasteiger partial charge in [-0.15, -0.1) is 34.0 Å². The second-order valence-electron chi connectivity index (χ2n) is 30.1. The van der Waals surface area contributed by atoms with Crippen molar-refractivity contribution in [3.8, 4) is 66.8 Å². The van der Waals surface area contributed by atoms with E-state index in [0.717, 1.165) is 101 Å². The van der Waals surface area contributed by atoms with Crippen molar-refractivity contribution in [2.75, 3.05) is 9.80 Å². The minimum absolute atomic E-state index is 0.869. The van der Waals surface area contributed by atoms with Crippen LogP contribution in [-0.2, 0) is 0 Å². The van der Waals surface area contributed by atoms with E-state index in [1.807, 2.05) is 34.0 Å². The molecule has 0 aliphatic carbocycles. The van der Waals surface area contributed by atoms with E-state index in [9.17, 15) is 0 Å². The number of thiophene rings is 3. The van der Waals surface area contributed by atoms with Crippen LogP contribution in [0.3, 0.4) is 0 Å². The number of furan rings is 1. The number of hydrogen-bond acceptors (Lipinski definition) is 6. The average molecular weight is 1530 g/mol. The molecule has 4 heterocycles. The van der Waals surface area contributed by atoms with Gasteiger partial charge < -0.3 is 14.2 Å². The van der Waals surface area contributed by atoms with E-state index in [2.05, 4.69) is 424 Å². The molecule has 0 saturated carbocycles. The highest BCUT2D eigenvalue weighted by atomic mass is 32.1. The number of nitrogens with zero attached hydrogens (tertiary/aromatic N) is 2. The Hall–Kier alpha value is -14.0. The summed E-state index contributed by atoms with van der Waals surface area (Å²) < 4.78 is 14.5. The predicted octanol–water partition coefficient (Wildman–Crippen LogP) is 33.4. The summed E-state index contributed by atoms with van der Waals surface area (Å²) in [6, 6.07) is 144. The van der Waals surface area contributed by atoms with E-state index in [1.54, 1.807) is 0 Å². The van der Waals surface area contributed by atoms with Crippen molar-refractivity contribution in [3.63, 3.8) is 0 Å². The maximum atomic E-state index is 6.87. The molecule has 0 bridgehead atoms. The Morgan fingerprint density at radius 1 is 0.276 bits per heavy atom. The van der Waals surface area contributed by atoms with Crippen molar-refractivity contribution < 1.29 is 4.42 Å². The van der Waals surface area contributed by atoms with Gasteiger partial charge in [-0.1, -0.05) is 279 Å². The molecule has 0 aliphatic heterocycles. The molecule has 18 aromatic carbocycles. The Bertz CT molecular complexity index is 7760. The van der Waals surface area contributed by atoms with Gasteiger partial charge in [0.15, 0.2) is 0 Å². The molecule has 0 amide bonds. The lowest BCUT2D eigenvalue weighted by molar-refractivity contribution is 0.670. The molecular formula is C110H72N2OS3. The van der Waals surface area contributed by atoms with E-state index in [-0.39, 0.29) is 0 Å². The van der Waals surface area contributed by atoms with Gasteiger partial charge in [0, 0.05) is 105 Å². The summed E-state index contributed by atoms with van der Waals surface area (Å²) in [7, 11) is 0. The van der Waals surface area contributed by atoms with Crippen LogP contribution in [0.4, 0.5) is 34.1 Å². The second kappa shape index (κ2) is 28.6. The van der Waals surface area contributed by atoms with E-state index in [1.165, 1.54) is 127 Å². The molecule has 3 nitrogen and oxygen atoms in total. The molecule has 22 rings (SSSR count). The maximum absolute atomic E-state index is 6.87. The average Bonchev–Trinajstić information content (AvgIpc) is 1.52. The van der Waals surface area contributed by atoms with Crippen LogP contribution in [-0.4, -0.2) is 0 Å². The third kappa shape index (κ3) is 12.0. The highest BCUT2D eigenvalue weighted by Gasteiger charge is 2.27. The SMILES string of the molecule is C/C=C\C(=C(/C)c1ccc(N(c2ccc(-c3ccc4c(c3)sc3ccccc34)cc2)c2ccccc2-c2ccc3sc4ccccc4c3c2)cc1)c1ccc2ccc(-c3ccc(N(c4cccc(-c5cccc(-c6ccc7ccccc7c6)c5)c4)c4ccccc4-c4cccc5c4oc4ccccc45)c4c3sc3ccccc34)cc2c1. The quantitative estimate of drug-likeness (QED) is 0.0753. The summed E-state index contributed by atoms with van der Waals surface area (Å²) in [5, 5.41) is 14.6. The lowest BCUT2D eigenvalue weighted by Crippen LogP contribution is -2.12. The van der Waals surface area contributed by atoms with E-state index >= 15 is 0 Å². The van der Waals surface area contributed by atoms with Crippen LogP contribution in [0.15, 0.2) is 405 Å². The van der Waals surface area contributed by atoms with Crippen LogP contribution < -0.4 is 9.80 Å². The smallest absolute Gasteiger partial charge is 0.143 e. The summed E-state index contributed by atoms with van der Waals surface area (Å²) in [5.41, 5.74) is 26.7. The summed E-state index contributed by atoms with van der Waals surface area (Å²) in [4.78, 5) is 4.95. The fourth-order valence-corrected chi connectivity index (χ4v) is 21.2. The molecule has 0 atom stereocenters. The largest absolute Gasteiger partial charge is 0.455 e. The van der Waals surface area contributed by atoms with Gasteiger partial charge in [-0.2, -0.15) is 0 Å². The van der Waals surface area contributed by atoms with Gasteiger partial charge in [0.2, 0.25) is 0 Å². The first-order valence-corrected chi connectivity index (χ1v) is 42.0. The van der Waals surface area contributed by atoms with Crippen LogP contribution >= 0.6 is 34.0 Å². The molecule has 6 heteroatoms. The first kappa shape index (κ1) is 68.8. The van der Waals surface area contributed by atoms with Crippen molar-refractivity contribution in [2.45, 2.75) is 13.8 Å². The summed E-state index contributed by atoms with van der Waals surface area (Å²) >= 11 is 5.59. The van der Waals surface area contributed by atoms with Crippen LogP contribution in [0.25, 0.3) is 182 Å². The molecule has 546 valence electrons. The lowest BCUT2D eigenvalue weighted by Gasteiger charge is -2.29. The zero-order chi connectivity index (χ0) is 76.9. The van der Waals surface area contributed by atoms with Gasteiger partial charge in [0.25, 0.3) is 0 Å². The molecule has 0 unspecified atom stereocenters. The highest BCUT2D eigenvalue weighted by molar-refractivity contribution is 7.27. The molecule has 0 N–H and O–H groups in total. The van der Waals surface area contributed by atoms with Gasteiger partial charge >= 0.3 is 0 Å². The van der Waals surface area contributed by atoms with Gasteiger partial charge in [0.05, 0.1) is 17.1 Å². The topological polar surface area (TPSA) is 19.6 Å². The molecule has 0 fully saturated rings. The normalized spacial score (nSPS) is 12.2. The number of rotatable bonds is 15. The van der Waals surface area contributed by atoms with Crippen LogP contribution in [0, 0.1) is 0 Å². The minimum Gasteiger partial charge on any atom is -0.455 e. The second-order valence-corrected chi connectivity index (χ2v) is 33.4. The van der Waals surface area contributed by atoms with Crippen LogP contribution in [0.5, 0.6) is 0 Å². The summed E-state index contributed by atoms with van der Waals surface area (Å²) in [6.45, 7) is 4.40. The fourth-order valence-electron chi connectivity index (χ4n) is 17.7. The monoisotopic (exact) mass is 1530 g/mol. The number of benzene rings is 18. The van der Waals surface area contributed by atoms with Crippen molar-refractivity contribution in [2.24, 2.45) is 0 Å². The number of allylic oxidation sites excluding steroid dienone is 4. The van der Waals surface area contributed by atoms with Gasteiger partial charge in [-0.05, 0) is 229 Å². The number of fused-ring (bicyclic) bond motifs is 14.